The molecule has 214 valence electrons. The minimum absolute atomic E-state index is 0.0850. The minimum atomic E-state index is -3.81. The van der Waals surface area contributed by atoms with Crippen molar-refractivity contribution in [2.24, 2.45) is 45.6 Å². The van der Waals surface area contributed by atoms with E-state index in [4.69, 9.17) is 4.55 Å². The number of hydrogen-bond acceptors (Lipinski definition) is 4. The van der Waals surface area contributed by atoms with Gasteiger partial charge in [-0.3, -0.25) is 4.55 Å². The normalized spacial score (nSPS) is 35.2. The van der Waals surface area contributed by atoms with E-state index in [1.165, 1.54) is 44.9 Å². The van der Waals surface area contributed by atoms with Crippen LogP contribution in [0.3, 0.4) is 0 Å². The van der Waals surface area contributed by atoms with E-state index in [2.05, 4.69) is 46.7 Å². The van der Waals surface area contributed by atoms with Gasteiger partial charge < -0.3 is 0 Å². The first-order chi connectivity index (χ1) is 16.6. The van der Waals surface area contributed by atoms with Gasteiger partial charge in [-0.25, -0.2) is 0 Å². The molecule has 0 saturated heterocycles. The van der Waals surface area contributed by atoms with E-state index in [0.717, 1.165) is 49.4 Å². The number of nitroso groups, excluding NO2 is 1. The highest BCUT2D eigenvalue weighted by Gasteiger charge is 2.47. The van der Waals surface area contributed by atoms with Crippen LogP contribution in [0.1, 0.15) is 139 Å². The van der Waals surface area contributed by atoms with E-state index in [9.17, 15) is 13.3 Å². The molecule has 2 fully saturated rings. The molecule has 7 atom stereocenters. The molecule has 36 heavy (non-hydrogen) atoms. The molecule has 6 heteroatoms. The fraction of sp³-hybridized carbons (Fsp3) is 1.00. The van der Waals surface area contributed by atoms with Crippen molar-refractivity contribution in [1.82, 2.24) is 0 Å². The van der Waals surface area contributed by atoms with Crippen LogP contribution in [0, 0.1) is 45.3 Å². The third-order valence-corrected chi connectivity index (χ3v) is 12.2. The van der Waals surface area contributed by atoms with Crippen LogP contribution in [-0.4, -0.2) is 24.3 Å². The third kappa shape index (κ3) is 8.78. The van der Waals surface area contributed by atoms with Crippen LogP contribution in [0.25, 0.3) is 0 Å². The van der Waals surface area contributed by atoms with Crippen molar-refractivity contribution in [2.45, 2.75) is 145 Å². The van der Waals surface area contributed by atoms with Gasteiger partial charge in [0.1, 0.15) is 0 Å². The average Bonchev–Trinajstić information content (AvgIpc) is 3.12. The second-order valence-corrected chi connectivity index (χ2v) is 14.8. The molecule has 2 aliphatic rings. The number of unbranched alkanes of at least 4 members (excludes halogenated alkanes) is 1. The molecule has 0 radical (unpaired) electrons. The van der Waals surface area contributed by atoms with Crippen LogP contribution in [0.2, 0.25) is 0 Å². The molecule has 5 nitrogen and oxygen atoms in total. The number of hydrogen-bond donors (Lipinski definition) is 1. The van der Waals surface area contributed by atoms with Crippen molar-refractivity contribution in [1.29, 1.82) is 0 Å². The van der Waals surface area contributed by atoms with E-state index in [-0.39, 0.29) is 11.3 Å². The van der Waals surface area contributed by atoms with Gasteiger partial charge in [0, 0.05) is 0 Å². The number of rotatable bonds is 12. The van der Waals surface area contributed by atoms with Gasteiger partial charge in [-0.2, -0.15) is 13.3 Å². The molecule has 1 N–H and O–H groups in total. The van der Waals surface area contributed by atoms with Crippen molar-refractivity contribution < 1.29 is 13.0 Å². The molecule has 0 amide bonds. The molecule has 2 rings (SSSR count). The predicted octanol–water partition coefficient (Wildman–Crippen LogP) is 9.31. The zero-order valence-electron chi connectivity index (χ0n) is 25.1. The molecule has 2 saturated carbocycles. The molecule has 0 aromatic heterocycles. The summed E-state index contributed by atoms with van der Waals surface area (Å²) in [6.07, 6.45) is 13.6. The van der Waals surface area contributed by atoms with Gasteiger partial charge in [-0.1, -0.05) is 79.8 Å². The van der Waals surface area contributed by atoms with Gasteiger partial charge >= 0.3 is 0 Å². The van der Waals surface area contributed by atoms with Crippen LogP contribution in [0.5, 0.6) is 0 Å². The van der Waals surface area contributed by atoms with Gasteiger partial charge in [0.25, 0.3) is 10.1 Å². The van der Waals surface area contributed by atoms with Gasteiger partial charge in [-0.05, 0) is 105 Å². The van der Waals surface area contributed by atoms with E-state index in [1.807, 2.05) is 20.8 Å². The monoisotopic (exact) mass is 529 g/mol. The lowest BCUT2D eigenvalue weighted by atomic mass is 9.54. The Morgan fingerprint density at radius 1 is 0.889 bits per heavy atom. The minimum Gasteiger partial charge on any atom is -0.286 e. The van der Waals surface area contributed by atoms with Crippen LogP contribution >= 0.6 is 0 Å². The lowest BCUT2D eigenvalue weighted by molar-refractivity contribution is -0.0110. The average molecular weight is 530 g/mol. The summed E-state index contributed by atoms with van der Waals surface area (Å²) >= 11 is 0. The summed E-state index contributed by atoms with van der Waals surface area (Å²) in [4.78, 5) is 10.0. The topological polar surface area (TPSA) is 83.8 Å². The molecule has 2 aliphatic carbocycles. The van der Waals surface area contributed by atoms with E-state index in [0.29, 0.717) is 23.2 Å². The zero-order valence-corrected chi connectivity index (χ0v) is 25.9. The number of nitrogens with zero attached hydrogens (tertiary/aromatic N) is 1. The fourth-order valence-corrected chi connectivity index (χ4v) is 7.81. The summed E-state index contributed by atoms with van der Waals surface area (Å²) in [5, 5.41) is 3.01. The molecule has 0 aromatic rings. The molecule has 0 bridgehead atoms. The van der Waals surface area contributed by atoms with Crippen LogP contribution in [0.4, 0.5) is 0 Å². The van der Waals surface area contributed by atoms with E-state index < -0.39 is 10.1 Å². The molecular formula is C30H59NO4S. The SMILES string of the molecule is CCC(C)(CC)N=O.CCC1(C)C(C)CCC(C)C1CCC1(C)C(C)CC[C@@H]1CCCCS(=O)(=O)O. The van der Waals surface area contributed by atoms with Crippen LogP contribution in [0.15, 0.2) is 5.18 Å². The molecule has 0 heterocycles. The van der Waals surface area contributed by atoms with E-state index >= 15 is 0 Å². The van der Waals surface area contributed by atoms with Crippen LogP contribution < -0.4 is 0 Å². The first-order valence-electron chi connectivity index (χ1n) is 14.9. The van der Waals surface area contributed by atoms with Gasteiger partial charge in [0.2, 0.25) is 0 Å². The Labute approximate surface area is 224 Å². The fourth-order valence-electron chi connectivity index (χ4n) is 7.24. The Morgan fingerprint density at radius 3 is 1.92 bits per heavy atom. The predicted molar refractivity (Wildman–Crippen MR) is 154 cm³/mol. The van der Waals surface area contributed by atoms with Crippen molar-refractivity contribution >= 4 is 10.1 Å². The largest absolute Gasteiger partial charge is 0.286 e. The maximum Gasteiger partial charge on any atom is 0.264 e. The van der Waals surface area contributed by atoms with Crippen molar-refractivity contribution in [3.05, 3.63) is 4.91 Å². The quantitative estimate of drug-likeness (QED) is 0.155. The van der Waals surface area contributed by atoms with Crippen molar-refractivity contribution in [2.75, 3.05) is 5.75 Å². The first kappa shape index (κ1) is 33.5. The van der Waals surface area contributed by atoms with Gasteiger partial charge in [0.05, 0.1) is 11.3 Å². The molecule has 0 aliphatic heterocycles. The standard InChI is InChI=1S/C24H46O3S.C6H13NO/c1-7-23(5)19(3)12-11-18(2)22(23)15-16-24(6)20(4)13-14-21(24)10-8-9-17-28(25,26)27;1-4-6(3,5-2)7-8/h18-22H,7-17H2,1-6H3,(H,25,26,27);4-5H2,1-3H3/t18?,19?,20?,21-,22?,23?,24?;/m0./s1. The summed E-state index contributed by atoms with van der Waals surface area (Å²) in [7, 11) is -3.81. The second-order valence-electron chi connectivity index (χ2n) is 13.2. The smallest absolute Gasteiger partial charge is 0.264 e. The molecule has 6 unspecified atom stereocenters. The highest BCUT2D eigenvalue weighted by atomic mass is 32.2. The molecule has 0 spiro atoms. The molecular weight excluding hydrogens is 470 g/mol. The lowest BCUT2D eigenvalue weighted by Crippen LogP contribution is -2.42. The van der Waals surface area contributed by atoms with Crippen molar-refractivity contribution in [3.8, 4) is 0 Å². The maximum atomic E-state index is 11.0. The van der Waals surface area contributed by atoms with Gasteiger partial charge in [-0.15, -0.1) is 0 Å². The highest BCUT2D eigenvalue weighted by Crippen LogP contribution is 2.57. The van der Waals surface area contributed by atoms with Crippen LogP contribution in [-0.2, 0) is 10.1 Å². The summed E-state index contributed by atoms with van der Waals surface area (Å²) in [5.41, 5.74) is 0.550. The Morgan fingerprint density at radius 2 is 1.44 bits per heavy atom. The van der Waals surface area contributed by atoms with Crippen molar-refractivity contribution in [3.63, 3.8) is 0 Å². The third-order valence-electron chi connectivity index (χ3n) is 11.4. The summed E-state index contributed by atoms with van der Waals surface area (Å²) in [6.45, 7) is 20.7. The first-order valence-corrected chi connectivity index (χ1v) is 16.5. The Balaban J connectivity index is 0.000000697. The summed E-state index contributed by atoms with van der Waals surface area (Å²) < 4.78 is 30.9. The molecule has 0 aromatic carbocycles. The zero-order chi connectivity index (χ0) is 27.8. The Bertz CT molecular complexity index is 765. The lowest BCUT2D eigenvalue weighted by Gasteiger charge is -2.51. The van der Waals surface area contributed by atoms with E-state index in [1.54, 1.807) is 0 Å². The Hall–Kier alpha value is -0.490. The second kappa shape index (κ2) is 14.1. The Kier molecular flexibility index (Phi) is 13.1. The van der Waals surface area contributed by atoms with Gasteiger partial charge in [0.15, 0.2) is 0 Å². The summed E-state index contributed by atoms with van der Waals surface area (Å²) in [5.74, 6) is 3.85. The maximum absolute atomic E-state index is 11.0. The highest BCUT2D eigenvalue weighted by molar-refractivity contribution is 7.85. The summed E-state index contributed by atoms with van der Waals surface area (Å²) in [6, 6.07) is 0.